The largest absolute Gasteiger partial charge is 0.417 e. The lowest BCUT2D eigenvalue weighted by Crippen LogP contribution is -2.53. The van der Waals surface area contributed by atoms with Gasteiger partial charge < -0.3 is 10.0 Å². The molecule has 0 aromatic heterocycles. The van der Waals surface area contributed by atoms with Gasteiger partial charge in [-0.15, -0.1) is 0 Å². The smallest absolute Gasteiger partial charge is 0.380 e. The van der Waals surface area contributed by atoms with Gasteiger partial charge in [0.25, 0.3) is 0 Å². The first-order valence-corrected chi connectivity index (χ1v) is 6.96. The monoisotopic (exact) mass is 287 g/mol. The summed E-state index contributed by atoms with van der Waals surface area (Å²) in [6, 6.07) is 10.0. The van der Waals surface area contributed by atoms with Gasteiger partial charge in [0.1, 0.15) is 0 Å². The molecular formula is C15H20F3NO. The number of nitrogens with zero attached hydrogens (tertiary/aromatic N) is 1. The Hall–Kier alpha value is -1.07. The molecule has 0 unspecified atom stereocenters. The van der Waals surface area contributed by atoms with Crippen LogP contribution in [0, 0.1) is 0 Å². The summed E-state index contributed by atoms with van der Waals surface area (Å²) in [5.74, 6) is 0. The molecule has 112 valence electrons. The lowest BCUT2D eigenvalue weighted by molar-refractivity contribution is -0.272. The van der Waals surface area contributed by atoms with Gasteiger partial charge >= 0.3 is 6.18 Å². The first kappa shape index (κ1) is 15.3. The summed E-state index contributed by atoms with van der Waals surface area (Å²) in [6.45, 7) is 1.40. The van der Waals surface area contributed by atoms with Crippen molar-refractivity contribution in [3.8, 4) is 0 Å². The van der Waals surface area contributed by atoms with Crippen LogP contribution in [0.2, 0.25) is 0 Å². The summed E-state index contributed by atoms with van der Waals surface area (Å²) < 4.78 is 38.0. The molecule has 0 aliphatic carbocycles. The minimum atomic E-state index is -4.51. The summed E-state index contributed by atoms with van der Waals surface area (Å²) in [4.78, 5) is 2.00. The van der Waals surface area contributed by atoms with Gasteiger partial charge in [-0.3, -0.25) is 0 Å². The maximum absolute atomic E-state index is 12.7. The van der Waals surface area contributed by atoms with Crippen LogP contribution in [0.15, 0.2) is 30.3 Å². The van der Waals surface area contributed by atoms with E-state index in [1.54, 1.807) is 0 Å². The van der Waals surface area contributed by atoms with E-state index in [-0.39, 0.29) is 12.8 Å². The van der Waals surface area contributed by atoms with Crippen LogP contribution in [0.3, 0.4) is 0 Å². The van der Waals surface area contributed by atoms with Crippen molar-refractivity contribution in [1.82, 2.24) is 4.90 Å². The van der Waals surface area contributed by atoms with Crippen molar-refractivity contribution in [3.63, 3.8) is 0 Å². The number of alkyl halides is 3. The van der Waals surface area contributed by atoms with Gasteiger partial charge in [0.05, 0.1) is 0 Å². The Morgan fingerprint density at radius 2 is 1.70 bits per heavy atom. The number of piperidine rings is 1. The first-order valence-electron chi connectivity index (χ1n) is 6.96. The lowest BCUT2D eigenvalue weighted by atomic mass is 9.90. The van der Waals surface area contributed by atoms with E-state index in [1.165, 1.54) is 5.56 Å². The number of benzene rings is 1. The zero-order chi connectivity index (χ0) is 14.6. The van der Waals surface area contributed by atoms with Crippen LogP contribution in [0.5, 0.6) is 0 Å². The van der Waals surface area contributed by atoms with Gasteiger partial charge in [0, 0.05) is 13.1 Å². The molecule has 0 radical (unpaired) electrons. The van der Waals surface area contributed by atoms with E-state index in [9.17, 15) is 18.3 Å². The van der Waals surface area contributed by atoms with Crippen molar-refractivity contribution in [2.24, 2.45) is 0 Å². The second kappa shape index (κ2) is 6.14. The maximum atomic E-state index is 12.7. The Morgan fingerprint density at radius 3 is 2.25 bits per heavy atom. The molecular weight excluding hydrogens is 267 g/mol. The number of likely N-dealkylation sites (tertiary alicyclic amines) is 1. The number of rotatable bonds is 4. The average molecular weight is 287 g/mol. The predicted molar refractivity (Wildman–Crippen MR) is 71.4 cm³/mol. The number of hydrogen-bond donors (Lipinski definition) is 1. The number of aryl methyl sites for hydroxylation is 1. The molecule has 0 bridgehead atoms. The van der Waals surface area contributed by atoms with E-state index in [0.29, 0.717) is 13.1 Å². The highest BCUT2D eigenvalue weighted by Gasteiger charge is 2.54. The van der Waals surface area contributed by atoms with Crippen LogP contribution in [0.1, 0.15) is 24.8 Å². The van der Waals surface area contributed by atoms with E-state index in [2.05, 4.69) is 12.1 Å². The van der Waals surface area contributed by atoms with Crippen LogP contribution in [-0.4, -0.2) is 41.4 Å². The standard InChI is InChI=1S/C15H20F3NO/c16-15(17,18)14(20)8-11-19(12-9-14)10-4-7-13-5-2-1-3-6-13/h1-3,5-6,20H,4,7-12H2. The molecule has 1 aromatic carbocycles. The quantitative estimate of drug-likeness (QED) is 0.920. The summed E-state index contributed by atoms with van der Waals surface area (Å²) >= 11 is 0. The zero-order valence-electron chi connectivity index (χ0n) is 11.4. The Balaban J connectivity index is 1.73. The molecule has 1 heterocycles. The second-order valence-electron chi connectivity index (χ2n) is 5.46. The van der Waals surface area contributed by atoms with Crippen LogP contribution in [-0.2, 0) is 6.42 Å². The van der Waals surface area contributed by atoms with Gasteiger partial charge in [-0.05, 0) is 37.8 Å². The van der Waals surface area contributed by atoms with E-state index < -0.39 is 11.8 Å². The first-order chi connectivity index (χ1) is 9.41. The fraction of sp³-hybridized carbons (Fsp3) is 0.600. The number of hydrogen-bond acceptors (Lipinski definition) is 2. The highest BCUT2D eigenvalue weighted by Crippen LogP contribution is 2.38. The molecule has 5 heteroatoms. The molecule has 20 heavy (non-hydrogen) atoms. The molecule has 1 aliphatic rings. The Morgan fingerprint density at radius 1 is 1.10 bits per heavy atom. The summed E-state index contributed by atoms with van der Waals surface area (Å²) in [7, 11) is 0. The van der Waals surface area contributed by atoms with Crippen LogP contribution < -0.4 is 0 Å². The van der Waals surface area contributed by atoms with Crippen molar-refractivity contribution in [3.05, 3.63) is 35.9 Å². The van der Waals surface area contributed by atoms with E-state index in [0.717, 1.165) is 19.4 Å². The van der Waals surface area contributed by atoms with Gasteiger partial charge in [0.2, 0.25) is 0 Å². The molecule has 1 aliphatic heterocycles. The molecule has 1 fully saturated rings. The fourth-order valence-corrected chi connectivity index (χ4v) is 2.58. The molecule has 0 spiro atoms. The Labute approximate surface area is 117 Å². The average Bonchev–Trinajstić information content (AvgIpc) is 2.41. The van der Waals surface area contributed by atoms with Gasteiger partial charge in [-0.25, -0.2) is 0 Å². The van der Waals surface area contributed by atoms with Crippen molar-refractivity contribution < 1.29 is 18.3 Å². The second-order valence-corrected chi connectivity index (χ2v) is 5.46. The topological polar surface area (TPSA) is 23.5 Å². The molecule has 0 saturated carbocycles. The molecule has 2 nitrogen and oxygen atoms in total. The minimum Gasteiger partial charge on any atom is -0.380 e. The number of aliphatic hydroxyl groups is 1. The summed E-state index contributed by atoms with van der Waals surface area (Å²) in [6.07, 6.45) is -3.10. The van der Waals surface area contributed by atoms with Crippen LogP contribution in [0.25, 0.3) is 0 Å². The summed E-state index contributed by atoms with van der Waals surface area (Å²) in [5, 5.41) is 9.58. The molecule has 0 atom stereocenters. The van der Waals surface area contributed by atoms with E-state index >= 15 is 0 Å². The highest BCUT2D eigenvalue weighted by atomic mass is 19.4. The van der Waals surface area contributed by atoms with Crippen molar-refractivity contribution >= 4 is 0 Å². The van der Waals surface area contributed by atoms with E-state index in [4.69, 9.17) is 0 Å². The third-order valence-electron chi connectivity index (χ3n) is 3.99. The third kappa shape index (κ3) is 3.73. The van der Waals surface area contributed by atoms with Gasteiger partial charge in [-0.2, -0.15) is 13.2 Å². The minimum absolute atomic E-state index is 0.220. The van der Waals surface area contributed by atoms with Crippen LogP contribution in [0.4, 0.5) is 13.2 Å². The predicted octanol–water partition coefficient (Wildman–Crippen LogP) is 3.01. The van der Waals surface area contributed by atoms with Crippen molar-refractivity contribution in [1.29, 1.82) is 0 Å². The van der Waals surface area contributed by atoms with Gasteiger partial charge in [0.15, 0.2) is 5.60 Å². The van der Waals surface area contributed by atoms with Crippen LogP contribution >= 0.6 is 0 Å². The maximum Gasteiger partial charge on any atom is 0.417 e. The summed E-state index contributed by atoms with van der Waals surface area (Å²) in [5.41, 5.74) is -1.24. The van der Waals surface area contributed by atoms with Crippen molar-refractivity contribution in [2.75, 3.05) is 19.6 Å². The highest BCUT2D eigenvalue weighted by molar-refractivity contribution is 5.14. The van der Waals surface area contributed by atoms with Crippen molar-refractivity contribution in [2.45, 2.75) is 37.5 Å². The Kier molecular flexibility index (Phi) is 4.70. The molecule has 1 N–H and O–H groups in total. The molecule has 2 rings (SSSR count). The van der Waals surface area contributed by atoms with E-state index in [1.807, 2.05) is 23.1 Å². The number of halogens is 3. The Bertz CT molecular complexity index is 411. The lowest BCUT2D eigenvalue weighted by Gasteiger charge is -2.39. The molecule has 1 aromatic rings. The zero-order valence-corrected chi connectivity index (χ0v) is 11.4. The SMILES string of the molecule is OC1(C(F)(F)F)CCN(CCCc2ccccc2)CC1. The normalized spacial score (nSPS) is 20.0. The molecule has 1 saturated heterocycles. The molecule has 0 amide bonds. The third-order valence-corrected chi connectivity index (χ3v) is 3.99. The van der Waals surface area contributed by atoms with Gasteiger partial charge in [-0.1, -0.05) is 30.3 Å². The fourth-order valence-electron chi connectivity index (χ4n) is 2.58.